The molecule has 4 aromatic rings. The van der Waals surface area contributed by atoms with E-state index in [0.717, 1.165) is 56.0 Å². The molecular weight excluding hydrogens is 599 g/mol. The van der Waals surface area contributed by atoms with Crippen molar-refractivity contribution >= 4 is 39.3 Å². The van der Waals surface area contributed by atoms with Crippen molar-refractivity contribution in [3.63, 3.8) is 0 Å². The van der Waals surface area contributed by atoms with Crippen molar-refractivity contribution in [3.05, 3.63) is 47.4 Å². The number of halogens is 1. The van der Waals surface area contributed by atoms with Gasteiger partial charge >= 0.3 is 6.01 Å². The number of amides is 2. The fraction of sp³-hybridized carbons (Fsp3) is 0.472. The summed E-state index contributed by atoms with van der Waals surface area (Å²) >= 11 is 0. The number of nitrogens with zero attached hydrogens (tertiary/aromatic N) is 4. The van der Waals surface area contributed by atoms with Crippen LogP contribution in [0.2, 0.25) is 0 Å². The van der Waals surface area contributed by atoms with Crippen molar-refractivity contribution in [2.45, 2.75) is 82.7 Å². The predicted octanol–water partition coefficient (Wildman–Crippen LogP) is 5.25. The van der Waals surface area contributed by atoms with Crippen LogP contribution >= 0.6 is 0 Å². The van der Waals surface area contributed by atoms with Crippen molar-refractivity contribution in [3.8, 4) is 23.0 Å². The molecule has 2 aromatic heterocycles. The zero-order chi connectivity index (χ0) is 32.5. The molecule has 10 rings (SSSR count). The second kappa shape index (κ2) is 11.0. The molecule has 47 heavy (non-hydrogen) atoms. The Morgan fingerprint density at radius 3 is 2.72 bits per heavy atom. The van der Waals surface area contributed by atoms with Crippen molar-refractivity contribution in [2.24, 2.45) is 5.92 Å². The van der Waals surface area contributed by atoms with Gasteiger partial charge in [-0.25, -0.2) is 4.39 Å². The summed E-state index contributed by atoms with van der Waals surface area (Å²) in [6, 6.07) is 6.54. The number of phenols is 1. The highest BCUT2D eigenvalue weighted by atomic mass is 19.1. The SMILES string of the molecule is Cc1c2ncc3c(nc(OCC45CCC(CC4)C(=O)N5)nc13)N1CCC[C@](C)(C1)NC(=O)CCCc1c(F)ccc3cc(O)cc-2c13. The van der Waals surface area contributed by atoms with Gasteiger partial charge in [-0.2, -0.15) is 9.97 Å². The minimum atomic E-state index is -0.494. The first kappa shape index (κ1) is 29.8. The van der Waals surface area contributed by atoms with E-state index in [4.69, 9.17) is 19.7 Å². The predicted molar refractivity (Wildman–Crippen MR) is 176 cm³/mol. The Hall–Kier alpha value is -4.54. The van der Waals surface area contributed by atoms with Gasteiger partial charge in [-0.05, 0) is 99.7 Å². The Kier molecular flexibility index (Phi) is 7.00. The molecule has 10 nitrogen and oxygen atoms in total. The number of carbonyl (C=O) groups excluding carboxylic acids is 2. The number of aromatic hydroxyl groups is 1. The molecule has 11 heteroatoms. The highest BCUT2D eigenvalue weighted by Crippen LogP contribution is 2.41. The van der Waals surface area contributed by atoms with Crippen LogP contribution in [0.25, 0.3) is 32.9 Å². The number of nitrogens with one attached hydrogen (secondary N) is 2. The summed E-state index contributed by atoms with van der Waals surface area (Å²) in [4.78, 5) is 42.8. The smallest absolute Gasteiger partial charge is 0.319 e. The molecule has 2 amide bonds. The number of pyridine rings is 1. The molecule has 1 aliphatic carbocycles. The molecule has 0 spiro atoms. The van der Waals surface area contributed by atoms with Gasteiger partial charge in [0, 0.05) is 42.8 Å². The third-order valence-electron chi connectivity index (χ3n) is 10.8. The number of anilines is 1. The van der Waals surface area contributed by atoms with Crippen LogP contribution in [0.1, 0.15) is 69.4 Å². The van der Waals surface area contributed by atoms with Gasteiger partial charge in [-0.3, -0.25) is 14.6 Å². The van der Waals surface area contributed by atoms with Gasteiger partial charge in [-0.15, -0.1) is 0 Å². The molecule has 4 fully saturated rings. The Labute approximate surface area is 272 Å². The number of carbonyl (C=O) groups is 2. The molecule has 3 saturated heterocycles. The second-order valence-corrected chi connectivity index (χ2v) is 14.3. The van der Waals surface area contributed by atoms with E-state index >= 15 is 4.39 Å². The number of hydrogen-bond donors (Lipinski definition) is 3. The van der Waals surface area contributed by atoms with Crippen LogP contribution in [0.4, 0.5) is 10.2 Å². The van der Waals surface area contributed by atoms with Crippen LogP contribution in [0, 0.1) is 18.7 Å². The number of phenolic OH excluding ortho intramolecular Hbond substituents is 1. The van der Waals surface area contributed by atoms with E-state index in [-0.39, 0.29) is 48.3 Å². The van der Waals surface area contributed by atoms with Gasteiger partial charge in [0.2, 0.25) is 11.8 Å². The zero-order valence-electron chi connectivity index (χ0n) is 26.8. The number of aromatic nitrogens is 3. The van der Waals surface area contributed by atoms with Gasteiger partial charge in [0.15, 0.2) is 0 Å². The lowest BCUT2D eigenvalue weighted by Gasteiger charge is -2.46. The van der Waals surface area contributed by atoms with Gasteiger partial charge < -0.3 is 25.4 Å². The van der Waals surface area contributed by atoms with Gasteiger partial charge in [-0.1, -0.05) is 6.07 Å². The lowest BCUT2D eigenvalue weighted by atomic mass is 9.72. The summed E-state index contributed by atoms with van der Waals surface area (Å²) in [6.07, 6.45) is 7.91. The average Bonchev–Trinajstić information content (AvgIpc) is 3.04. The minimum Gasteiger partial charge on any atom is -0.508 e. The molecule has 8 bridgehead atoms. The summed E-state index contributed by atoms with van der Waals surface area (Å²) in [5, 5.41) is 19.3. The number of fused-ring (bicyclic) bond motifs is 8. The molecule has 6 aliphatic rings. The Bertz CT molecular complexity index is 1960. The summed E-state index contributed by atoms with van der Waals surface area (Å²) < 4.78 is 21.9. The van der Waals surface area contributed by atoms with E-state index < -0.39 is 11.1 Å². The topological polar surface area (TPSA) is 130 Å². The van der Waals surface area contributed by atoms with Crippen molar-refractivity contribution in [1.29, 1.82) is 0 Å². The third-order valence-corrected chi connectivity index (χ3v) is 10.8. The number of piperidine rings is 3. The van der Waals surface area contributed by atoms with Crippen LogP contribution < -0.4 is 20.3 Å². The van der Waals surface area contributed by atoms with E-state index in [0.29, 0.717) is 58.3 Å². The first-order chi connectivity index (χ1) is 22.6. The fourth-order valence-electron chi connectivity index (χ4n) is 8.34. The summed E-state index contributed by atoms with van der Waals surface area (Å²) in [5.41, 5.74) is 2.12. The normalized spacial score (nSPS) is 25.8. The number of hydrogen-bond acceptors (Lipinski definition) is 8. The number of benzene rings is 2. The van der Waals surface area contributed by atoms with Gasteiger partial charge in [0.05, 0.1) is 27.7 Å². The molecule has 0 unspecified atom stereocenters. The third kappa shape index (κ3) is 5.20. The van der Waals surface area contributed by atoms with E-state index in [9.17, 15) is 14.7 Å². The number of rotatable bonds is 3. The molecule has 5 aliphatic heterocycles. The first-order valence-corrected chi connectivity index (χ1v) is 16.7. The first-order valence-electron chi connectivity index (χ1n) is 16.7. The molecule has 1 atom stereocenters. The number of aryl methyl sites for hydroxylation is 2. The Morgan fingerprint density at radius 1 is 1.09 bits per heavy atom. The van der Waals surface area contributed by atoms with Crippen molar-refractivity contribution in [2.75, 3.05) is 24.6 Å². The van der Waals surface area contributed by atoms with Gasteiger partial charge in [0.1, 0.15) is 24.0 Å². The van der Waals surface area contributed by atoms with Crippen LogP contribution in [-0.4, -0.2) is 62.6 Å². The van der Waals surface area contributed by atoms with Crippen LogP contribution in [0.3, 0.4) is 0 Å². The van der Waals surface area contributed by atoms with Crippen LogP contribution in [0.15, 0.2) is 30.5 Å². The number of ether oxygens (including phenoxy) is 1. The van der Waals surface area contributed by atoms with Crippen molar-refractivity contribution < 1.29 is 23.8 Å². The summed E-state index contributed by atoms with van der Waals surface area (Å²) in [6.45, 7) is 5.54. The van der Waals surface area contributed by atoms with E-state index in [2.05, 4.69) is 22.5 Å². The summed E-state index contributed by atoms with van der Waals surface area (Å²) in [5.74, 6) is 0.467. The molecule has 1 saturated carbocycles. The standard InChI is InChI=1S/C36H39FN6O4/c1-20-30-25-16-23(44)15-22-7-8-27(37)24(29(22)25)5-3-6-28(45)41-35(2)11-4-14-43(18-35)32-26(17-38-30)31(20)39-34(40-32)47-19-36-12-9-21(10-13-36)33(46)42-36/h7-8,15-17,21,44H,3-6,9-14,18-19H2,1-2H3,(H,41,45)(H,42,46)/t21?,35-,36?/m1/s1. The lowest BCUT2D eigenvalue weighted by Crippen LogP contribution is -2.61. The van der Waals surface area contributed by atoms with Gasteiger partial charge in [0.25, 0.3) is 0 Å². The Morgan fingerprint density at radius 2 is 1.91 bits per heavy atom. The molecule has 3 N–H and O–H groups in total. The highest BCUT2D eigenvalue weighted by molar-refractivity contribution is 6.03. The van der Waals surface area contributed by atoms with E-state index in [1.54, 1.807) is 24.4 Å². The monoisotopic (exact) mass is 638 g/mol. The zero-order valence-corrected chi connectivity index (χ0v) is 26.8. The molecule has 0 radical (unpaired) electrons. The Balaban J connectivity index is 1.32. The second-order valence-electron chi connectivity index (χ2n) is 14.3. The van der Waals surface area contributed by atoms with E-state index in [1.165, 1.54) is 6.07 Å². The van der Waals surface area contributed by atoms with E-state index in [1.807, 2.05) is 6.92 Å². The van der Waals surface area contributed by atoms with Crippen molar-refractivity contribution in [1.82, 2.24) is 25.6 Å². The van der Waals surface area contributed by atoms with Crippen LogP contribution in [0.5, 0.6) is 11.8 Å². The minimum absolute atomic E-state index is 0.0450. The molecule has 7 heterocycles. The van der Waals surface area contributed by atoms with Crippen LogP contribution in [-0.2, 0) is 16.0 Å². The average molecular weight is 639 g/mol. The lowest BCUT2D eigenvalue weighted by molar-refractivity contribution is -0.135. The summed E-state index contributed by atoms with van der Waals surface area (Å²) in [7, 11) is 0. The maximum absolute atomic E-state index is 15.6. The molecule has 244 valence electrons. The quantitative estimate of drug-likeness (QED) is 0.278. The molecule has 2 aromatic carbocycles. The largest absolute Gasteiger partial charge is 0.508 e. The maximum atomic E-state index is 15.6. The maximum Gasteiger partial charge on any atom is 0.319 e. The fourth-order valence-corrected chi connectivity index (χ4v) is 8.34. The molecular formula is C36H39FN6O4. The highest BCUT2D eigenvalue weighted by Gasteiger charge is 2.45.